The van der Waals surface area contributed by atoms with Crippen molar-refractivity contribution >= 4 is 47.2 Å². The molecule has 5 rings (SSSR count). The second-order valence-electron chi connectivity index (χ2n) is 15.1. The molecule has 7 N–H and O–H groups in total. The van der Waals surface area contributed by atoms with E-state index in [2.05, 4.69) is 21.3 Å². The third-order valence-electron chi connectivity index (χ3n) is 10.8. The molecule has 3 aromatic rings. The van der Waals surface area contributed by atoms with Gasteiger partial charge in [0, 0.05) is 18.5 Å². The quantitative estimate of drug-likeness (QED) is 0.0966. The summed E-state index contributed by atoms with van der Waals surface area (Å²) in [5.41, 5.74) is 6.75. The standard InChI is InChI=1S/C44H52N6O10/c1-2-13-33(38(52)42(56)46-24-35(51)48-36(39(45)53)28-16-8-4-9-17-28)47-41(55)34-23-32(60-26-27-14-6-3-7-15-27)25-50(34)43(57)37(29-18-10-5-11-19-29)49-40(54)30-20-12-21-31(22-30)44(58)59/h3-4,6-9,12,14-17,20-22,29,32-34,36-37H,2,5,10-11,13,18-19,23-26H2,1H3,(H2,45,53)(H,46,56)(H,47,55)(H,48,51)(H,49,54)(H,58,59)/t32-,33?,34+,36?,37?/m1/s1. The molecule has 6 amide bonds. The molecule has 1 aliphatic carbocycles. The molecule has 0 aromatic heterocycles. The van der Waals surface area contributed by atoms with Crippen molar-refractivity contribution in [2.75, 3.05) is 13.1 Å². The predicted molar refractivity (Wildman–Crippen MR) is 218 cm³/mol. The first-order valence-corrected chi connectivity index (χ1v) is 20.2. The van der Waals surface area contributed by atoms with E-state index in [1.54, 1.807) is 37.3 Å². The van der Waals surface area contributed by atoms with Crippen LogP contribution in [0.2, 0.25) is 0 Å². The molecule has 1 aliphatic heterocycles. The molecule has 16 nitrogen and oxygen atoms in total. The molecule has 318 valence electrons. The number of ketones is 1. The fraction of sp³-hybridized carbons (Fsp3) is 0.409. The SMILES string of the molecule is CCCC(NC(=O)[C@@H]1C[C@@H](OCc2ccccc2)CN1C(=O)C(NC(=O)c1cccc(C(=O)O)c1)C1CCCCC1)C(=O)C(=O)NCC(=O)NC(C(N)=O)c1ccccc1. The van der Waals surface area contributed by atoms with Crippen molar-refractivity contribution in [3.05, 3.63) is 107 Å². The summed E-state index contributed by atoms with van der Waals surface area (Å²) < 4.78 is 6.21. The van der Waals surface area contributed by atoms with Crippen LogP contribution in [0.3, 0.4) is 0 Å². The number of hydrogen-bond donors (Lipinski definition) is 6. The van der Waals surface area contributed by atoms with Crippen molar-refractivity contribution in [1.29, 1.82) is 0 Å². The van der Waals surface area contributed by atoms with Crippen molar-refractivity contribution in [2.45, 2.75) is 95.2 Å². The molecule has 0 spiro atoms. The highest BCUT2D eigenvalue weighted by molar-refractivity contribution is 6.38. The second-order valence-corrected chi connectivity index (χ2v) is 15.1. The Labute approximate surface area is 348 Å². The van der Waals surface area contributed by atoms with Gasteiger partial charge in [0.1, 0.15) is 18.1 Å². The lowest BCUT2D eigenvalue weighted by Gasteiger charge is -2.35. The van der Waals surface area contributed by atoms with Crippen LogP contribution >= 0.6 is 0 Å². The Kier molecular flexibility index (Phi) is 16.0. The Morgan fingerprint density at radius 3 is 2.15 bits per heavy atom. The predicted octanol–water partition coefficient (Wildman–Crippen LogP) is 2.56. The van der Waals surface area contributed by atoms with Crippen LogP contribution in [-0.4, -0.2) is 94.5 Å². The largest absolute Gasteiger partial charge is 0.478 e. The number of aromatic carboxylic acids is 1. The molecule has 16 heteroatoms. The van der Waals surface area contributed by atoms with Crippen LogP contribution in [-0.2, 0) is 40.1 Å². The zero-order valence-corrected chi connectivity index (χ0v) is 33.5. The maximum atomic E-state index is 14.7. The highest BCUT2D eigenvalue weighted by Crippen LogP contribution is 2.31. The first-order chi connectivity index (χ1) is 28.9. The third kappa shape index (κ3) is 12.1. The molecule has 0 bridgehead atoms. The van der Waals surface area contributed by atoms with Crippen LogP contribution in [0, 0.1) is 5.92 Å². The minimum absolute atomic E-state index is 0.00535. The van der Waals surface area contributed by atoms with Crippen molar-refractivity contribution < 1.29 is 48.2 Å². The summed E-state index contributed by atoms with van der Waals surface area (Å²) in [7, 11) is 0. The van der Waals surface area contributed by atoms with Crippen molar-refractivity contribution in [1.82, 2.24) is 26.2 Å². The van der Waals surface area contributed by atoms with Crippen LogP contribution in [0.25, 0.3) is 0 Å². The number of carboxylic acids is 1. The molecule has 1 saturated carbocycles. The smallest absolute Gasteiger partial charge is 0.335 e. The van der Waals surface area contributed by atoms with Gasteiger partial charge in [0.2, 0.25) is 29.4 Å². The fourth-order valence-corrected chi connectivity index (χ4v) is 7.65. The van der Waals surface area contributed by atoms with Crippen LogP contribution in [0.15, 0.2) is 84.9 Å². The normalized spacial score (nSPS) is 18.0. The first kappa shape index (κ1) is 44.7. The molecule has 1 saturated heterocycles. The molecule has 60 heavy (non-hydrogen) atoms. The summed E-state index contributed by atoms with van der Waals surface area (Å²) in [5.74, 6) is -7.12. The van der Waals surface area contributed by atoms with Crippen molar-refractivity contribution in [3.8, 4) is 0 Å². The minimum Gasteiger partial charge on any atom is -0.478 e. The molecule has 2 aliphatic rings. The number of amides is 6. The molecule has 5 atom stereocenters. The monoisotopic (exact) mass is 824 g/mol. The number of nitrogens with two attached hydrogens (primary N) is 1. The highest BCUT2D eigenvalue weighted by Gasteiger charge is 2.45. The number of carbonyl (C=O) groups is 8. The van der Waals surface area contributed by atoms with Gasteiger partial charge in [-0.2, -0.15) is 0 Å². The Morgan fingerprint density at radius 1 is 0.833 bits per heavy atom. The van der Waals surface area contributed by atoms with Crippen LogP contribution in [0.5, 0.6) is 0 Å². The Morgan fingerprint density at radius 2 is 1.50 bits per heavy atom. The summed E-state index contributed by atoms with van der Waals surface area (Å²) >= 11 is 0. The molecular formula is C44H52N6O10. The number of Topliss-reactive ketones (excluding diaryl/α,β-unsaturated/α-hetero) is 1. The molecule has 3 aromatic carbocycles. The Hall–Kier alpha value is -6.42. The van der Waals surface area contributed by atoms with E-state index in [1.165, 1.54) is 29.2 Å². The highest BCUT2D eigenvalue weighted by atomic mass is 16.5. The molecule has 1 heterocycles. The van der Waals surface area contributed by atoms with Crippen LogP contribution in [0.1, 0.15) is 96.2 Å². The number of nitrogens with zero attached hydrogens (tertiary/aromatic N) is 1. The van der Waals surface area contributed by atoms with Crippen LogP contribution in [0.4, 0.5) is 0 Å². The van der Waals surface area contributed by atoms with E-state index in [0.29, 0.717) is 24.8 Å². The number of ether oxygens (including phenoxy) is 1. The van der Waals surface area contributed by atoms with Gasteiger partial charge in [0.05, 0.1) is 30.9 Å². The van der Waals surface area contributed by atoms with Gasteiger partial charge in [-0.1, -0.05) is 99.3 Å². The van der Waals surface area contributed by atoms with Gasteiger partial charge < -0.3 is 41.7 Å². The van der Waals surface area contributed by atoms with Crippen molar-refractivity contribution in [3.63, 3.8) is 0 Å². The zero-order chi connectivity index (χ0) is 43.2. The number of rotatable bonds is 19. The van der Waals surface area contributed by atoms with E-state index in [1.807, 2.05) is 30.3 Å². The average molecular weight is 825 g/mol. The van der Waals surface area contributed by atoms with Gasteiger partial charge in [-0.05, 0) is 54.5 Å². The average Bonchev–Trinajstić information content (AvgIpc) is 3.70. The summed E-state index contributed by atoms with van der Waals surface area (Å²) in [6.45, 7) is 1.29. The summed E-state index contributed by atoms with van der Waals surface area (Å²) in [5, 5.41) is 19.7. The zero-order valence-electron chi connectivity index (χ0n) is 33.5. The van der Waals surface area contributed by atoms with Gasteiger partial charge in [-0.3, -0.25) is 33.6 Å². The number of carbonyl (C=O) groups excluding carboxylic acids is 7. The maximum Gasteiger partial charge on any atom is 0.335 e. The van der Waals surface area contributed by atoms with E-state index in [-0.39, 0.29) is 43.0 Å². The molecule has 2 fully saturated rings. The number of benzene rings is 3. The van der Waals surface area contributed by atoms with Crippen LogP contribution < -0.4 is 27.0 Å². The first-order valence-electron chi connectivity index (χ1n) is 20.2. The summed E-state index contributed by atoms with van der Waals surface area (Å²) in [6, 6.07) is 18.4. The van der Waals surface area contributed by atoms with E-state index in [4.69, 9.17) is 10.5 Å². The molecule has 3 unspecified atom stereocenters. The van der Waals surface area contributed by atoms with Gasteiger partial charge >= 0.3 is 5.97 Å². The minimum atomic E-state index is -1.31. The maximum absolute atomic E-state index is 14.7. The topological polar surface area (TPSA) is 243 Å². The van der Waals surface area contributed by atoms with Gasteiger partial charge in [-0.15, -0.1) is 0 Å². The third-order valence-corrected chi connectivity index (χ3v) is 10.8. The van der Waals surface area contributed by atoms with E-state index in [0.717, 1.165) is 24.8 Å². The van der Waals surface area contributed by atoms with E-state index >= 15 is 0 Å². The van der Waals surface area contributed by atoms with Gasteiger partial charge in [-0.25, -0.2) is 4.79 Å². The lowest BCUT2D eigenvalue weighted by atomic mass is 9.83. The lowest BCUT2D eigenvalue weighted by Crippen LogP contribution is -2.58. The van der Waals surface area contributed by atoms with E-state index in [9.17, 15) is 43.5 Å². The van der Waals surface area contributed by atoms with Gasteiger partial charge in [0.25, 0.3) is 11.8 Å². The second kappa shape index (κ2) is 21.5. The Balaban J connectivity index is 1.32. The van der Waals surface area contributed by atoms with Gasteiger partial charge in [0.15, 0.2) is 0 Å². The Bertz CT molecular complexity index is 2020. The summed E-state index contributed by atoms with van der Waals surface area (Å²) in [6.07, 6.45) is 3.79. The van der Waals surface area contributed by atoms with Crippen molar-refractivity contribution in [2.24, 2.45) is 11.7 Å². The number of carboxylic acid groups (broad SMARTS) is 1. The number of primary amides is 1. The molecule has 0 radical (unpaired) electrons. The fourth-order valence-electron chi connectivity index (χ4n) is 7.65. The summed E-state index contributed by atoms with van der Waals surface area (Å²) in [4.78, 5) is 107. The number of nitrogens with one attached hydrogen (secondary N) is 4. The molecular weight excluding hydrogens is 773 g/mol. The number of likely N-dealkylation sites (tertiary alicyclic amines) is 1. The lowest BCUT2D eigenvalue weighted by molar-refractivity contribution is -0.143. The number of hydrogen-bond acceptors (Lipinski definition) is 9. The van der Waals surface area contributed by atoms with E-state index < -0.39 is 84.0 Å².